The lowest BCUT2D eigenvalue weighted by Gasteiger charge is -2.49. The maximum absolute atomic E-state index is 2.75. The van der Waals surface area contributed by atoms with E-state index in [1.165, 1.54) is 133 Å². The summed E-state index contributed by atoms with van der Waals surface area (Å²) in [6.07, 6.45) is 6.97. The second kappa shape index (κ2) is 17.0. The summed E-state index contributed by atoms with van der Waals surface area (Å²) in [5.74, 6) is 0. The molecule has 3 nitrogen and oxygen atoms in total. The van der Waals surface area contributed by atoms with Crippen molar-refractivity contribution >= 4 is 106 Å². The van der Waals surface area contributed by atoms with Crippen LogP contribution in [0.3, 0.4) is 0 Å². The quantitative estimate of drug-likeness (QED) is 0.159. The maximum atomic E-state index is 2.75. The second-order valence-corrected chi connectivity index (χ2v) is 29.7. The Labute approximate surface area is 475 Å². The first kappa shape index (κ1) is 50.6. The topological polar surface area (TPSA) is 9.72 Å². The fourth-order valence-corrected chi connectivity index (χ4v) is 16.5. The minimum atomic E-state index is -0.0297. The summed E-state index contributed by atoms with van der Waals surface area (Å²) < 4.78 is 2.65. The van der Waals surface area contributed by atoms with Gasteiger partial charge in [-0.25, -0.2) is 0 Å². The normalized spacial score (nSPS) is 19.2. The average Bonchev–Trinajstić information content (AvgIpc) is 3.60. The van der Waals surface area contributed by atoms with Crippen LogP contribution in [0.15, 0.2) is 146 Å². The molecular formula is C74H78BN3S. The Kier molecular flexibility index (Phi) is 10.9. The van der Waals surface area contributed by atoms with Crippen LogP contribution in [0.2, 0.25) is 0 Å². The Bertz CT molecular complexity index is 4000. The van der Waals surface area contributed by atoms with E-state index in [1.807, 2.05) is 11.3 Å². The van der Waals surface area contributed by atoms with E-state index < -0.39 is 0 Å². The first-order chi connectivity index (χ1) is 37.4. The van der Waals surface area contributed by atoms with E-state index in [2.05, 4.69) is 257 Å². The Morgan fingerprint density at radius 2 is 0.785 bits per heavy atom. The molecule has 0 saturated heterocycles. The van der Waals surface area contributed by atoms with E-state index in [-0.39, 0.29) is 39.2 Å². The molecule has 3 heterocycles. The zero-order chi connectivity index (χ0) is 55.1. The van der Waals surface area contributed by atoms with Gasteiger partial charge in [0.05, 0.1) is 5.69 Å². The van der Waals surface area contributed by atoms with E-state index in [9.17, 15) is 0 Å². The first-order valence-electron chi connectivity index (χ1n) is 29.6. The lowest BCUT2D eigenvalue weighted by Crippen LogP contribution is -2.62. The number of rotatable bonds is 5. The molecule has 8 aromatic carbocycles. The van der Waals surface area contributed by atoms with Crippen LogP contribution in [-0.2, 0) is 32.5 Å². The van der Waals surface area contributed by atoms with Crippen LogP contribution >= 0.6 is 11.3 Å². The highest BCUT2D eigenvalue weighted by Gasteiger charge is 2.49. The third kappa shape index (κ3) is 7.56. The molecule has 5 heteroatoms. The predicted octanol–water partition coefficient (Wildman–Crippen LogP) is 19.3. The molecule has 14 rings (SSSR count). The van der Waals surface area contributed by atoms with Gasteiger partial charge >= 0.3 is 0 Å². The van der Waals surface area contributed by atoms with Gasteiger partial charge in [0.15, 0.2) is 0 Å². The van der Waals surface area contributed by atoms with E-state index in [0.717, 1.165) is 37.8 Å². The van der Waals surface area contributed by atoms with Gasteiger partial charge in [-0.15, -0.1) is 11.3 Å². The number of para-hydroxylation sites is 2. The van der Waals surface area contributed by atoms with Crippen LogP contribution < -0.4 is 31.1 Å². The molecule has 0 bridgehead atoms. The summed E-state index contributed by atoms with van der Waals surface area (Å²) in [7, 11) is 0. The Morgan fingerprint density at radius 1 is 0.380 bits per heavy atom. The number of thiophene rings is 1. The molecule has 0 saturated carbocycles. The number of fused-ring (bicyclic) bond motifs is 10. The summed E-state index contributed by atoms with van der Waals surface area (Å²) >= 11 is 1.90. The maximum Gasteiger partial charge on any atom is 0.252 e. The molecule has 3 aliphatic carbocycles. The van der Waals surface area contributed by atoms with Crippen molar-refractivity contribution in [1.82, 2.24) is 0 Å². The van der Waals surface area contributed by atoms with Crippen molar-refractivity contribution in [3.8, 4) is 0 Å². The van der Waals surface area contributed by atoms with Crippen LogP contribution in [0.4, 0.5) is 51.2 Å². The third-order valence-electron chi connectivity index (χ3n) is 20.7. The van der Waals surface area contributed by atoms with Crippen molar-refractivity contribution in [2.45, 2.75) is 168 Å². The molecule has 5 aliphatic rings. The van der Waals surface area contributed by atoms with Crippen molar-refractivity contribution in [3.05, 3.63) is 190 Å². The highest BCUT2D eigenvalue weighted by Crippen LogP contribution is 2.56. The molecule has 0 radical (unpaired) electrons. The molecule has 0 fully saturated rings. The fourth-order valence-electron chi connectivity index (χ4n) is 15.4. The van der Waals surface area contributed by atoms with E-state index in [1.54, 1.807) is 0 Å². The standard InChI is InChI=1S/C74H78BN3S/c1-45-21-15-18-24-60(45)78(61-25-19-16-22-46(61)2)49-39-64-68-65(40-49)77(48-27-29-52-53(38-48)70(5,6)32-31-69(52,3)4)63-44-57-55(72(9,10)34-36-74(57,13)14)42-59(63)75(68)58-41-54-56(73(11,12)35-33-71(54,7)8)43-62(58)76(64)47-28-30-67-51(37-47)50-23-17-20-26-66(50)79-67/h15-30,37-44H,31-36H2,1-14H3. The Morgan fingerprint density at radius 3 is 1.29 bits per heavy atom. The van der Waals surface area contributed by atoms with Crippen LogP contribution in [0.1, 0.15) is 166 Å². The third-order valence-corrected chi connectivity index (χ3v) is 21.8. The van der Waals surface area contributed by atoms with Gasteiger partial charge in [-0.1, -0.05) is 156 Å². The summed E-state index contributed by atoms with van der Waals surface area (Å²) in [5, 5.41) is 2.64. The highest BCUT2D eigenvalue weighted by molar-refractivity contribution is 7.25. The molecule has 0 N–H and O–H groups in total. The largest absolute Gasteiger partial charge is 0.311 e. The average molecular weight is 1050 g/mol. The van der Waals surface area contributed by atoms with Gasteiger partial charge in [-0.3, -0.25) is 0 Å². The number of benzene rings is 8. The first-order valence-corrected chi connectivity index (χ1v) is 30.4. The molecule has 0 unspecified atom stereocenters. The zero-order valence-corrected chi connectivity index (χ0v) is 50.2. The molecule has 2 aliphatic heterocycles. The highest BCUT2D eigenvalue weighted by atomic mass is 32.1. The lowest BCUT2D eigenvalue weighted by molar-refractivity contribution is 0.332. The lowest BCUT2D eigenvalue weighted by atomic mass is 9.32. The summed E-state index contributed by atoms with van der Waals surface area (Å²) in [6, 6.07) is 58.0. The van der Waals surface area contributed by atoms with Crippen LogP contribution in [0, 0.1) is 13.8 Å². The Balaban J connectivity index is 1.17. The summed E-state index contributed by atoms with van der Waals surface area (Å²) in [6.45, 7) is 34.5. The number of hydrogen-bond donors (Lipinski definition) is 0. The van der Waals surface area contributed by atoms with Crippen molar-refractivity contribution in [2.75, 3.05) is 14.7 Å². The molecule has 398 valence electrons. The van der Waals surface area contributed by atoms with Gasteiger partial charge in [0.2, 0.25) is 0 Å². The molecule has 1 aromatic heterocycles. The molecule has 0 spiro atoms. The van der Waals surface area contributed by atoms with Gasteiger partial charge in [0.1, 0.15) is 0 Å². The molecule has 0 amide bonds. The fraction of sp³-hybridized carbons (Fsp3) is 0.351. The van der Waals surface area contributed by atoms with Gasteiger partial charge in [0, 0.05) is 65.7 Å². The molecule has 9 aromatic rings. The number of hydrogen-bond acceptors (Lipinski definition) is 4. The van der Waals surface area contributed by atoms with E-state index in [0.29, 0.717) is 0 Å². The van der Waals surface area contributed by atoms with Crippen molar-refractivity contribution in [3.63, 3.8) is 0 Å². The van der Waals surface area contributed by atoms with Crippen LogP contribution in [0.5, 0.6) is 0 Å². The van der Waals surface area contributed by atoms with Crippen molar-refractivity contribution in [2.24, 2.45) is 0 Å². The van der Waals surface area contributed by atoms with Gasteiger partial charge < -0.3 is 14.7 Å². The smallest absolute Gasteiger partial charge is 0.252 e. The Hall–Kier alpha value is -6.56. The molecule has 79 heavy (non-hydrogen) atoms. The minimum absolute atomic E-state index is 0.00354. The monoisotopic (exact) mass is 1050 g/mol. The second-order valence-electron chi connectivity index (χ2n) is 28.6. The predicted molar refractivity (Wildman–Crippen MR) is 343 cm³/mol. The van der Waals surface area contributed by atoms with E-state index in [4.69, 9.17) is 0 Å². The SMILES string of the molecule is Cc1ccccc1N(c1cc2c3c(c1)N(c1ccc4sc5ccccc5c4c1)c1cc4c(cc1B3c1cc3c(cc1N2c1ccc2c(c1)C(C)(C)CCC2(C)C)C(C)(C)CCC3(C)C)C(C)(C)CCC4(C)C)c1ccccc1C. The number of nitrogens with zero attached hydrogens (tertiary/aromatic N) is 3. The van der Waals surface area contributed by atoms with E-state index >= 15 is 0 Å². The van der Waals surface area contributed by atoms with Crippen LogP contribution in [0.25, 0.3) is 20.2 Å². The van der Waals surface area contributed by atoms with Gasteiger partial charge in [0.25, 0.3) is 6.71 Å². The number of anilines is 9. The van der Waals surface area contributed by atoms with Crippen LogP contribution in [-0.4, -0.2) is 6.71 Å². The zero-order valence-electron chi connectivity index (χ0n) is 49.4. The van der Waals surface area contributed by atoms with Gasteiger partial charge in [-0.05, 0) is 219 Å². The van der Waals surface area contributed by atoms with Gasteiger partial charge in [-0.2, -0.15) is 0 Å². The number of aryl methyl sites for hydroxylation is 2. The summed E-state index contributed by atoms with van der Waals surface area (Å²) in [4.78, 5) is 8.05. The summed E-state index contributed by atoms with van der Waals surface area (Å²) in [5.41, 5.74) is 26.9. The van der Waals surface area contributed by atoms with Crippen molar-refractivity contribution < 1.29 is 0 Å². The molecule has 0 atom stereocenters. The molecular weight excluding hydrogens is 974 g/mol. The minimum Gasteiger partial charge on any atom is -0.311 e. The van der Waals surface area contributed by atoms with Crippen molar-refractivity contribution in [1.29, 1.82) is 0 Å².